The van der Waals surface area contributed by atoms with Crippen LogP contribution in [-0.2, 0) is 9.59 Å². The topological polar surface area (TPSA) is 75.2 Å². The fraction of sp³-hybridized carbons (Fsp3) is 0.750. The fourth-order valence-corrected chi connectivity index (χ4v) is 4.93. The SMILES string of the molecule is C[C@@H]1CCC[C@@H](C)N1C(=O)CSc1nnc(NC(=O)C2CCC2)s1. The molecule has 1 aliphatic carbocycles. The first-order chi connectivity index (χ1) is 11.5. The number of thioether (sulfide) groups is 1. The predicted octanol–water partition coefficient (Wildman–Crippen LogP) is 3.16. The van der Waals surface area contributed by atoms with Gasteiger partial charge in [0.05, 0.1) is 5.75 Å². The van der Waals surface area contributed by atoms with Crippen LogP contribution in [0.4, 0.5) is 5.13 Å². The molecule has 132 valence electrons. The molecule has 1 aromatic heterocycles. The van der Waals surface area contributed by atoms with Crippen LogP contribution in [0.15, 0.2) is 4.34 Å². The van der Waals surface area contributed by atoms with Crippen LogP contribution in [0.2, 0.25) is 0 Å². The Labute approximate surface area is 150 Å². The van der Waals surface area contributed by atoms with Gasteiger partial charge in [0.15, 0.2) is 4.34 Å². The molecule has 0 bridgehead atoms. The molecule has 24 heavy (non-hydrogen) atoms. The molecule has 2 atom stereocenters. The van der Waals surface area contributed by atoms with Crippen molar-refractivity contribution in [2.24, 2.45) is 5.92 Å². The van der Waals surface area contributed by atoms with Crippen LogP contribution in [0.25, 0.3) is 0 Å². The van der Waals surface area contributed by atoms with Crippen molar-refractivity contribution in [1.82, 2.24) is 15.1 Å². The average molecular weight is 369 g/mol. The third kappa shape index (κ3) is 4.08. The number of aromatic nitrogens is 2. The van der Waals surface area contributed by atoms with E-state index in [2.05, 4.69) is 29.4 Å². The number of hydrogen-bond acceptors (Lipinski definition) is 6. The molecule has 0 aromatic carbocycles. The molecule has 0 radical (unpaired) electrons. The highest BCUT2D eigenvalue weighted by Crippen LogP contribution is 2.30. The number of nitrogens with zero attached hydrogens (tertiary/aromatic N) is 3. The van der Waals surface area contributed by atoms with E-state index in [9.17, 15) is 9.59 Å². The summed E-state index contributed by atoms with van der Waals surface area (Å²) in [5.41, 5.74) is 0. The Morgan fingerprint density at radius 2 is 1.83 bits per heavy atom. The zero-order chi connectivity index (χ0) is 17.1. The Morgan fingerprint density at radius 3 is 2.46 bits per heavy atom. The van der Waals surface area contributed by atoms with Gasteiger partial charge in [-0.2, -0.15) is 0 Å². The van der Waals surface area contributed by atoms with Crippen molar-refractivity contribution < 1.29 is 9.59 Å². The molecule has 1 saturated heterocycles. The summed E-state index contributed by atoms with van der Waals surface area (Å²) in [5.74, 6) is 0.712. The zero-order valence-electron chi connectivity index (χ0n) is 14.2. The molecule has 2 amide bonds. The quantitative estimate of drug-likeness (QED) is 0.638. The van der Waals surface area contributed by atoms with Gasteiger partial charge in [-0.3, -0.25) is 9.59 Å². The van der Waals surface area contributed by atoms with Crippen molar-refractivity contribution in [2.75, 3.05) is 11.1 Å². The highest BCUT2D eigenvalue weighted by Gasteiger charge is 2.29. The van der Waals surface area contributed by atoms with Crippen LogP contribution < -0.4 is 5.32 Å². The van der Waals surface area contributed by atoms with Gasteiger partial charge in [0.1, 0.15) is 0 Å². The van der Waals surface area contributed by atoms with Crippen molar-refractivity contribution in [3.63, 3.8) is 0 Å². The minimum absolute atomic E-state index is 0.0426. The van der Waals surface area contributed by atoms with E-state index in [1.807, 2.05) is 4.90 Å². The van der Waals surface area contributed by atoms with Gasteiger partial charge in [-0.1, -0.05) is 29.5 Å². The van der Waals surface area contributed by atoms with E-state index in [0.29, 0.717) is 23.0 Å². The number of piperidine rings is 1. The van der Waals surface area contributed by atoms with Gasteiger partial charge >= 0.3 is 0 Å². The molecular weight excluding hydrogens is 344 g/mol. The van der Waals surface area contributed by atoms with Gasteiger partial charge < -0.3 is 10.2 Å². The van der Waals surface area contributed by atoms with Crippen LogP contribution >= 0.6 is 23.1 Å². The number of amides is 2. The molecule has 2 heterocycles. The zero-order valence-corrected chi connectivity index (χ0v) is 15.8. The second-order valence-corrected chi connectivity index (χ2v) is 8.91. The number of anilines is 1. The normalized spacial score (nSPS) is 24.5. The number of carbonyl (C=O) groups excluding carboxylic acids is 2. The Kier molecular flexibility index (Phi) is 5.76. The largest absolute Gasteiger partial charge is 0.337 e. The van der Waals surface area contributed by atoms with Crippen LogP contribution in [0.1, 0.15) is 52.4 Å². The lowest BCUT2D eigenvalue weighted by atomic mass is 9.85. The van der Waals surface area contributed by atoms with Gasteiger partial charge in [-0.15, -0.1) is 10.2 Å². The molecule has 0 spiro atoms. The monoisotopic (exact) mass is 368 g/mol. The minimum atomic E-state index is 0.0426. The first-order valence-corrected chi connectivity index (χ1v) is 10.4. The molecular formula is C16H24N4O2S2. The van der Waals surface area contributed by atoms with Crippen molar-refractivity contribution in [3.05, 3.63) is 0 Å². The number of hydrogen-bond donors (Lipinski definition) is 1. The van der Waals surface area contributed by atoms with Gasteiger partial charge in [0, 0.05) is 18.0 Å². The lowest BCUT2D eigenvalue weighted by molar-refractivity contribution is -0.134. The lowest BCUT2D eigenvalue weighted by Crippen LogP contribution is -2.48. The highest BCUT2D eigenvalue weighted by molar-refractivity contribution is 8.01. The summed E-state index contributed by atoms with van der Waals surface area (Å²) in [7, 11) is 0. The first kappa shape index (κ1) is 17.7. The third-order valence-corrected chi connectivity index (χ3v) is 6.87. The number of carbonyl (C=O) groups is 2. The molecule has 3 rings (SSSR count). The Balaban J connectivity index is 1.49. The van der Waals surface area contributed by atoms with E-state index < -0.39 is 0 Å². The minimum Gasteiger partial charge on any atom is -0.337 e. The summed E-state index contributed by atoms with van der Waals surface area (Å²) in [6, 6.07) is 0.627. The van der Waals surface area contributed by atoms with E-state index in [-0.39, 0.29) is 17.7 Å². The third-order valence-electron chi connectivity index (χ3n) is 4.91. The maximum absolute atomic E-state index is 12.5. The molecule has 6 nitrogen and oxygen atoms in total. The van der Waals surface area contributed by atoms with Gasteiger partial charge in [-0.25, -0.2) is 0 Å². The Bertz CT molecular complexity index is 593. The van der Waals surface area contributed by atoms with Gasteiger partial charge in [-0.05, 0) is 46.0 Å². The van der Waals surface area contributed by atoms with E-state index >= 15 is 0 Å². The first-order valence-electron chi connectivity index (χ1n) is 8.63. The summed E-state index contributed by atoms with van der Waals surface area (Å²) < 4.78 is 0.726. The fourth-order valence-electron chi connectivity index (χ4n) is 3.31. The summed E-state index contributed by atoms with van der Waals surface area (Å²) in [5, 5.41) is 11.4. The summed E-state index contributed by atoms with van der Waals surface area (Å²) in [6.45, 7) is 4.24. The molecule has 8 heteroatoms. The standard InChI is InChI=1S/C16H24N4O2S2/c1-10-5-3-6-11(2)20(10)13(21)9-23-16-19-18-15(24-16)17-14(22)12-7-4-8-12/h10-12H,3-9H2,1-2H3,(H,17,18,22)/t10-,11-/m1/s1. The molecule has 1 N–H and O–H groups in total. The Morgan fingerprint density at radius 1 is 1.17 bits per heavy atom. The maximum Gasteiger partial charge on any atom is 0.233 e. The van der Waals surface area contributed by atoms with Crippen LogP contribution in [-0.4, -0.2) is 44.7 Å². The number of likely N-dealkylation sites (tertiary alicyclic amines) is 1. The Hall–Kier alpha value is -1.15. The summed E-state index contributed by atoms with van der Waals surface area (Å²) in [4.78, 5) is 26.4. The second-order valence-electron chi connectivity index (χ2n) is 6.71. The molecule has 2 aliphatic rings. The molecule has 0 unspecified atom stereocenters. The van der Waals surface area contributed by atoms with Crippen molar-refractivity contribution in [3.8, 4) is 0 Å². The van der Waals surface area contributed by atoms with Gasteiger partial charge in [0.25, 0.3) is 0 Å². The number of nitrogens with one attached hydrogen (secondary N) is 1. The maximum atomic E-state index is 12.5. The highest BCUT2D eigenvalue weighted by atomic mass is 32.2. The molecule has 1 aliphatic heterocycles. The second kappa shape index (κ2) is 7.82. The summed E-state index contributed by atoms with van der Waals surface area (Å²) in [6.07, 6.45) is 6.41. The molecule has 1 saturated carbocycles. The van der Waals surface area contributed by atoms with Crippen molar-refractivity contribution in [2.45, 2.75) is 68.8 Å². The predicted molar refractivity (Wildman–Crippen MR) is 96.2 cm³/mol. The van der Waals surface area contributed by atoms with E-state index in [1.165, 1.54) is 29.5 Å². The van der Waals surface area contributed by atoms with E-state index in [0.717, 1.165) is 36.4 Å². The van der Waals surface area contributed by atoms with Crippen LogP contribution in [0.5, 0.6) is 0 Å². The number of rotatable bonds is 5. The average Bonchev–Trinajstić information content (AvgIpc) is 2.90. The van der Waals surface area contributed by atoms with Crippen LogP contribution in [0.3, 0.4) is 0 Å². The van der Waals surface area contributed by atoms with Crippen molar-refractivity contribution >= 4 is 40.0 Å². The summed E-state index contributed by atoms with van der Waals surface area (Å²) >= 11 is 2.75. The van der Waals surface area contributed by atoms with E-state index in [4.69, 9.17) is 0 Å². The molecule has 2 fully saturated rings. The van der Waals surface area contributed by atoms with E-state index in [1.54, 1.807) is 0 Å². The lowest BCUT2D eigenvalue weighted by Gasteiger charge is -2.39. The van der Waals surface area contributed by atoms with Gasteiger partial charge in [0.2, 0.25) is 16.9 Å². The smallest absolute Gasteiger partial charge is 0.233 e. The molecule has 1 aromatic rings. The van der Waals surface area contributed by atoms with Crippen LogP contribution in [0, 0.1) is 5.92 Å². The van der Waals surface area contributed by atoms with Crippen molar-refractivity contribution in [1.29, 1.82) is 0 Å².